The highest BCUT2D eigenvalue weighted by atomic mass is 32.1. The van der Waals surface area contributed by atoms with Gasteiger partial charge in [0.05, 0.1) is 30.7 Å². The van der Waals surface area contributed by atoms with Crippen LogP contribution in [0.4, 0.5) is 0 Å². The summed E-state index contributed by atoms with van der Waals surface area (Å²) in [5.74, 6) is 0.388. The Bertz CT molecular complexity index is 1440. The van der Waals surface area contributed by atoms with Crippen molar-refractivity contribution in [3.63, 3.8) is 0 Å². The Labute approximate surface area is 207 Å². The van der Waals surface area contributed by atoms with E-state index < -0.39 is 0 Å². The Balaban J connectivity index is 1.69. The van der Waals surface area contributed by atoms with Gasteiger partial charge in [0.25, 0.3) is 0 Å². The smallest absolute Gasteiger partial charge is 0.350 e. The zero-order valence-electron chi connectivity index (χ0n) is 19.3. The number of thiazole rings is 1. The molecule has 0 saturated carbocycles. The van der Waals surface area contributed by atoms with Gasteiger partial charge >= 0.3 is 5.97 Å². The van der Waals surface area contributed by atoms with Crippen molar-refractivity contribution < 1.29 is 14.3 Å². The van der Waals surface area contributed by atoms with Crippen molar-refractivity contribution in [3.05, 3.63) is 96.0 Å². The van der Waals surface area contributed by atoms with Gasteiger partial charge in [0, 0.05) is 17.3 Å². The number of esters is 1. The number of hydrogen-bond acceptors (Lipinski definition) is 6. The lowest BCUT2D eigenvalue weighted by molar-refractivity contribution is 0.0532. The molecule has 3 aromatic carbocycles. The third-order valence-corrected chi connectivity index (χ3v) is 6.53. The lowest BCUT2D eigenvalue weighted by Crippen LogP contribution is -2.03. The molecule has 0 saturated heterocycles. The molecule has 0 fully saturated rings. The van der Waals surface area contributed by atoms with Gasteiger partial charge in [-0.3, -0.25) is 0 Å². The van der Waals surface area contributed by atoms with Crippen molar-refractivity contribution in [2.24, 2.45) is 0 Å². The number of carbonyl (C=O) groups excluding carboxylic acids is 1. The Kier molecular flexibility index (Phi) is 6.41. The van der Waals surface area contributed by atoms with Crippen molar-refractivity contribution in [2.75, 3.05) is 13.7 Å². The Morgan fingerprint density at radius 3 is 2.20 bits per heavy atom. The van der Waals surface area contributed by atoms with E-state index in [2.05, 4.69) is 0 Å². The van der Waals surface area contributed by atoms with E-state index in [-0.39, 0.29) is 5.97 Å². The molecule has 0 bridgehead atoms. The largest absolute Gasteiger partial charge is 0.497 e. The second-order valence-corrected chi connectivity index (χ2v) is 8.68. The minimum Gasteiger partial charge on any atom is -0.497 e. The molecule has 5 aromatic rings. The summed E-state index contributed by atoms with van der Waals surface area (Å²) in [4.78, 5) is 18.2. The van der Waals surface area contributed by atoms with Crippen molar-refractivity contribution in [1.82, 2.24) is 14.8 Å². The molecule has 0 aliphatic carbocycles. The van der Waals surface area contributed by atoms with E-state index in [9.17, 15) is 4.79 Å². The van der Waals surface area contributed by atoms with Crippen LogP contribution in [0.25, 0.3) is 38.8 Å². The summed E-state index contributed by atoms with van der Waals surface area (Å²) >= 11 is 1.32. The van der Waals surface area contributed by atoms with Crippen LogP contribution in [0.2, 0.25) is 0 Å². The lowest BCUT2D eigenvalue weighted by atomic mass is 10.1. The number of nitrogens with zero attached hydrogens (tertiary/aromatic N) is 3. The lowest BCUT2D eigenvalue weighted by Gasteiger charge is -2.03. The minimum absolute atomic E-state index is 0.295. The zero-order valence-corrected chi connectivity index (χ0v) is 20.2. The number of rotatable bonds is 7. The topological polar surface area (TPSA) is 66.2 Å². The average molecular weight is 482 g/mol. The standard InChI is InChI=1S/C28H23N3O3S/c1-3-34-28(32)26-25(19-10-6-4-7-11-19)29-27(35-26)23-18-31(21-12-8-5-9-13-21)30-24(23)20-14-16-22(33-2)17-15-20/h4-18H,3H2,1-2H3. The van der Waals surface area contributed by atoms with Crippen LogP contribution in [-0.4, -0.2) is 34.5 Å². The van der Waals surface area contributed by atoms with Crippen LogP contribution in [0.3, 0.4) is 0 Å². The first-order chi connectivity index (χ1) is 17.2. The molecule has 2 heterocycles. The summed E-state index contributed by atoms with van der Waals surface area (Å²) in [7, 11) is 1.64. The van der Waals surface area contributed by atoms with Crippen LogP contribution in [0.5, 0.6) is 5.75 Å². The molecule has 2 aromatic heterocycles. The van der Waals surface area contributed by atoms with Gasteiger partial charge in [-0.1, -0.05) is 48.5 Å². The molecule has 174 valence electrons. The summed E-state index contributed by atoms with van der Waals surface area (Å²) < 4.78 is 12.5. The number of ether oxygens (including phenoxy) is 2. The fraction of sp³-hybridized carbons (Fsp3) is 0.107. The van der Waals surface area contributed by atoms with E-state index in [1.54, 1.807) is 14.0 Å². The van der Waals surface area contributed by atoms with E-state index in [1.165, 1.54) is 11.3 Å². The fourth-order valence-electron chi connectivity index (χ4n) is 3.77. The quantitative estimate of drug-likeness (QED) is 0.248. The highest BCUT2D eigenvalue weighted by Gasteiger charge is 2.24. The molecular weight excluding hydrogens is 458 g/mol. The van der Waals surface area contributed by atoms with E-state index >= 15 is 0 Å². The molecule has 0 radical (unpaired) electrons. The van der Waals surface area contributed by atoms with Gasteiger partial charge in [0.1, 0.15) is 21.3 Å². The van der Waals surface area contributed by atoms with E-state index in [0.29, 0.717) is 22.2 Å². The molecule has 6 nitrogen and oxygen atoms in total. The van der Waals surface area contributed by atoms with Crippen molar-refractivity contribution >= 4 is 17.3 Å². The number of hydrogen-bond donors (Lipinski definition) is 0. The summed E-state index contributed by atoms with van der Waals surface area (Å²) in [5.41, 5.74) is 4.91. The van der Waals surface area contributed by atoms with Gasteiger partial charge in [0.15, 0.2) is 0 Å². The van der Waals surface area contributed by atoms with Gasteiger partial charge in [-0.25, -0.2) is 14.5 Å². The summed E-state index contributed by atoms with van der Waals surface area (Å²) in [6.45, 7) is 2.09. The molecule has 0 aliphatic rings. The molecule has 0 N–H and O–H groups in total. The van der Waals surface area contributed by atoms with Crippen LogP contribution in [0.15, 0.2) is 91.1 Å². The second-order valence-electron chi connectivity index (χ2n) is 7.68. The number of aromatic nitrogens is 3. The van der Waals surface area contributed by atoms with Crippen LogP contribution in [0, 0.1) is 0 Å². The number of para-hydroxylation sites is 1. The molecule has 5 rings (SSSR count). The first-order valence-electron chi connectivity index (χ1n) is 11.2. The summed E-state index contributed by atoms with van der Waals surface area (Å²) in [6.07, 6.45) is 1.96. The third kappa shape index (κ3) is 4.58. The van der Waals surface area contributed by atoms with Crippen LogP contribution < -0.4 is 4.74 Å². The molecule has 35 heavy (non-hydrogen) atoms. The first kappa shape index (κ1) is 22.6. The summed E-state index contributed by atoms with van der Waals surface area (Å²) in [6, 6.07) is 27.3. The predicted molar refractivity (Wildman–Crippen MR) is 138 cm³/mol. The second kappa shape index (κ2) is 9.95. The number of methoxy groups -OCH3 is 1. The number of carbonyl (C=O) groups is 1. The Hall–Kier alpha value is -4.23. The SMILES string of the molecule is CCOC(=O)c1sc(-c2cn(-c3ccccc3)nc2-c2ccc(OC)cc2)nc1-c1ccccc1. The monoisotopic (exact) mass is 481 g/mol. The van der Waals surface area contributed by atoms with Gasteiger partial charge in [-0.15, -0.1) is 11.3 Å². The van der Waals surface area contributed by atoms with Crippen molar-refractivity contribution in [2.45, 2.75) is 6.92 Å². The maximum Gasteiger partial charge on any atom is 0.350 e. The van der Waals surface area contributed by atoms with E-state index in [0.717, 1.165) is 33.8 Å². The van der Waals surface area contributed by atoms with Gasteiger partial charge in [-0.2, -0.15) is 5.10 Å². The van der Waals surface area contributed by atoms with Gasteiger partial charge in [0.2, 0.25) is 0 Å². The zero-order chi connectivity index (χ0) is 24.2. The van der Waals surface area contributed by atoms with Gasteiger partial charge < -0.3 is 9.47 Å². The number of benzene rings is 3. The Morgan fingerprint density at radius 2 is 1.54 bits per heavy atom. The van der Waals surface area contributed by atoms with Crippen molar-refractivity contribution in [1.29, 1.82) is 0 Å². The predicted octanol–water partition coefficient (Wildman–Crippen LogP) is 6.52. The first-order valence-corrected chi connectivity index (χ1v) is 12.0. The van der Waals surface area contributed by atoms with Crippen molar-refractivity contribution in [3.8, 4) is 44.5 Å². The van der Waals surface area contributed by atoms with Crippen LogP contribution in [0.1, 0.15) is 16.6 Å². The molecule has 0 unspecified atom stereocenters. The molecule has 0 aliphatic heterocycles. The van der Waals surface area contributed by atoms with E-state index in [1.807, 2.05) is 95.8 Å². The third-order valence-electron chi connectivity index (χ3n) is 5.46. The summed E-state index contributed by atoms with van der Waals surface area (Å²) in [5, 5.41) is 5.60. The Morgan fingerprint density at radius 1 is 0.886 bits per heavy atom. The normalized spacial score (nSPS) is 10.8. The molecule has 0 spiro atoms. The average Bonchev–Trinajstić information content (AvgIpc) is 3.55. The van der Waals surface area contributed by atoms with E-state index in [4.69, 9.17) is 19.6 Å². The fourth-order valence-corrected chi connectivity index (χ4v) is 4.76. The molecule has 7 heteroatoms. The minimum atomic E-state index is -0.378. The molecule has 0 atom stereocenters. The molecule has 0 amide bonds. The highest BCUT2D eigenvalue weighted by Crippen LogP contribution is 2.39. The highest BCUT2D eigenvalue weighted by molar-refractivity contribution is 7.17. The van der Waals surface area contributed by atoms with Crippen LogP contribution >= 0.6 is 11.3 Å². The maximum absolute atomic E-state index is 12.8. The van der Waals surface area contributed by atoms with Gasteiger partial charge in [-0.05, 0) is 43.3 Å². The van der Waals surface area contributed by atoms with Crippen LogP contribution in [-0.2, 0) is 4.74 Å². The maximum atomic E-state index is 12.8. The molecular formula is C28H23N3O3S.